The van der Waals surface area contributed by atoms with Crippen LogP contribution in [0.2, 0.25) is 0 Å². The molecule has 0 spiro atoms. The quantitative estimate of drug-likeness (QED) is 0.0488. The van der Waals surface area contributed by atoms with Gasteiger partial charge in [0, 0.05) is 12.8 Å². The fourth-order valence-electron chi connectivity index (χ4n) is 5.62. The van der Waals surface area contributed by atoms with Crippen LogP contribution < -0.4 is 0 Å². The number of rotatable bonds is 30. The summed E-state index contributed by atoms with van der Waals surface area (Å²) in [5, 5.41) is 0. The van der Waals surface area contributed by atoms with E-state index in [-0.39, 0.29) is 11.5 Å². The van der Waals surface area contributed by atoms with Crippen LogP contribution in [0, 0.1) is 0 Å². The molecule has 7 heteroatoms. The summed E-state index contributed by atoms with van der Waals surface area (Å²) in [5.74, 6) is -0.424. The van der Waals surface area contributed by atoms with Gasteiger partial charge in [0.05, 0.1) is 0 Å². The van der Waals surface area contributed by atoms with Gasteiger partial charge in [-0.25, -0.2) is 19.4 Å². The molecule has 0 aromatic carbocycles. The Labute approximate surface area is 261 Å². The van der Waals surface area contributed by atoms with Crippen molar-refractivity contribution in [2.45, 2.75) is 194 Å². The van der Waals surface area contributed by atoms with E-state index in [1.807, 2.05) is 0 Å². The van der Waals surface area contributed by atoms with Gasteiger partial charge in [-0.15, -0.1) is 0 Å². The first-order valence-electron chi connectivity index (χ1n) is 18.1. The van der Waals surface area contributed by atoms with Crippen LogP contribution in [-0.4, -0.2) is 11.9 Å². The number of ether oxygens (including phenoxy) is 1. The van der Waals surface area contributed by atoms with E-state index >= 15 is 0 Å². The van der Waals surface area contributed by atoms with E-state index in [4.69, 9.17) is 13.9 Å². The Morgan fingerprint density at radius 2 is 0.837 bits per heavy atom. The van der Waals surface area contributed by atoms with Crippen molar-refractivity contribution < 1.29 is 33.3 Å². The van der Waals surface area contributed by atoms with E-state index in [1.165, 1.54) is 141 Å². The van der Waals surface area contributed by atoms with Crippen molar-refractivity contribution in [2.24, 2.45) is 0 Å². The van der Waals surface area contributed by atoms with Crippen LogP contribution in [0.3, 0.4) is 0 Å². The molecule has 0 atom stereocenters. The normalized spacial score (nSPS) is 12.5. The lowest BCUT2D eigenvalue weighted by molar-refractivity contribution is -0.233. The summed E-state index contributed by atoms with van der Waals surface area (Å²) >= 11 is 0. The molecule has 2 rings (SSSR count). The van der Waals surface area contributed by atoms with Crippen molar-refractivity contribution in [1.82, 2.24) is 0 Å². The number of hydrogen-bond donors (Lipinski definition) is 0. The van der Waals surface area contributed by atoms with Crippen LogP contribution in [0.5, 0.6) is 0 Å². The van der Waals surface area contributed by atoms with Gasteiger partial charge < -0.3 is 4.74 Å². The Balaban J connectivity index is 1.40. The number of carbonyl (C=O) groups excluding carboxylic acids is 2. The van der Waals surface area contributed by atoms with E-state index in [1.54, 1.807) is 0 Å². The predicted molar refractivity (Wildman–Crippen MR) is 170 cm³/mol. The molecule has 1 aromatic rings. The third kappa shape index (κ3) is 18.3. The summed E-state index contributed by atoms with van der Waals surface area (Å²) in [6.45, 7) is 4.52. The number of carbonyl (C=O) groups is 2. The molecule has 0 unspecified atom stereocenters. The minimum atomic E-state index is -0.858. The molecule has 0 radical (unpaired) electrons. The molecule has 0 saturated heterocycles. The fourth-order valence-corrected chi connectivity index (χ4v) is 5.62. The summed E-state index contributed by atoms with van der Waals surface area (Å²) in [7, 11) is 0. The molecule has 0 amide bonds. The van der Waals surface area contributed by atoms with Gasteiger partial charge >= 0.3 is 17.7 Å². The van der Waals surface area contributed by atoms with Gasteiger partial charge in [-0.3, -0.25) is 9.15 Å². The van der Waals surface area contributed by atoms with Gasteiger partial charge in [-0.1, -0.05) is 168 Å². The second-order valence-corrected chi connectivity index (χ2v) is 12.5. The standard InChI is InChI=1S/C36H62O7/c1-3-5-7-9-11-13-15-17-19-21-23-25-27-29-31-33(39-31)35(37)42-43-36(38)34-32(40-41-34)30-28-26-24-22-20-18-16-14-12-10-8-6-4-2/h3-30H2,1-2H3. The summed E-state index contributed by atoms with van der Waals surface area (Å²) in [5.41, 5.74) is 0. The van der Waals surface area contributed by atoms with Gasteiger partial charge in [0.25, 0.3) is 5.76 Å². The Morgan fingerprint density at radius 1 is 0.465 bits per heavy atom. The minimum Gasteiger partial charge on any atom is -0.446 e. The Bertz CT molecular complexity index is 865. The maximum absolute atomic E-state index is 12.2. The second-order valence-electron chi connectivity index (χ2n) is 12.5. The fraction of sp³-hybridized carbons (Fsp3) is 0.833. The predicted octanol–water partition coefficient (Wildman–Crippen LogP) is 11.8. The first-order chi connectivity index (χ1) is 21.2. The SMILES string of the molecule is CCCCCCCCCCCCCCCC1=C(C(=O)OOC(=O)c2ooc2CCCCCCCCCCCCCCC)O1. The van der Waals surface area contributed by atoms with Crippen LogP contribution in [0.15, 0.2) is 20.7 Å². The van der Waals surface area contributed by atoms with E-state index in [0.29, 0.717) is 24.4 Å². The lowest BCUT2D eigenvalue weighted by atomic mass is 10.0. The van der Waals surface area contributed by atoms with E-state index in [9.17, 15) is 9.59 Å². The van der Waals surface area contributed by atoms with Crippen molar-refractivity contribution >= 4 is 11.9 Å². The average molecular weight is 607 g/mol. The number of aryl methyl sites for hydroxylation is 1. The number of hydrogen-bond acceptors (Lipinski definition) is 7. The zero-order valence-corrected chi connectivity index (χ0v) is 27.7. The zero-order valence-electron chi connectivity index (χ0n) is 27.7. The largest absolute Gasteiger partial charge is 0.446 e. The van der Waals surface area contributed by atoms with Crippen molar-refractivity contribution in [2.75, 3.05) is 0 Å². The van der Waals surface area contributed by atoms with Crippen LogP contribution >= 0.6 is 0 Å². The van der Waals surface area contributed by atoms with Crippen molar-refractivity contribution in [3.63, 3.8) is 0 Å². The highest BCUT2D eigenvalue weighted by atomic mass is 17.2. The lowest BCUT2D eigenvalue weighted by Crippen LogP contribution is -2.14. The highest BCUT2D eigenvalue weighted by Gasteiger charge is 2.35. The molecule has 1 aromatic heterocycles. The number of unbranched alkanes of at least 4 members (excludes halogenated alkanes) is 24. The topological polar surface area (TPSA) is 91.4 Å². The molecular weight excluding hydrogens is 544 g/mol. The van der Waals surface area contributed by atoms with Crippen molar-refractivity contribution in [3.8, 4) is 0 Å². The third-order valence-electron chi connectivity index (χ3n) is 8.49. The zero-order chi connectivity index (χ0) is 30.8. The first kappa shape index (κ1) is 37.0. The Hall–Kier alpha value is -2.18. The molecule has 7 nitrogen and oxygen atoms in total. The van der Waals surface area contributed by atoms with Gasteiger partial charge in [-0.05, 0) is 12.8 Å². The summed E-state index contributed by atoms with van der Waals surface area (Å²) in [6.07, 6.45) is 34.7. The van der Waals surface area contributed by atoms with Crippen molar-refractivity contribution in [3.05, 3.63) is 23.0 Å². The molecule has 1 aliphatic heterocycles. The van der Waals surface area contributed by atoms with E-state index in [2.05, 4.69) is 23.6 Å². The summed E-state index contributed by atoms with van der Waals surface area (Å²) < 4.78 is 15.0. The van der Waals surface area contributed by atoms with Gasteiger partial charge in [0.15, 0.2) is 5.76 Å². The molecule has 0 N–H and O–H groups in total. The monoisotopic (exact) mass is 606 g/mol. The Kier molecular flexibility index (Phi) is 21.7. The molecule has 0 fully saturated rings. The molecule has 43 heavy (non-hydrogen) atoms. The third-order valence-corrected chi connectivity index (χ3v) is 8.49. The first-order valence-corrected chi connectivity index (χ1v) is 18.1. The summed E-state index contributed by atoms with van der Waals surface area (Å²) in [4.78, 5) is 33.6. The average Bonchev–Trinajstić information content (AvgIpc) is 3.77. The van der Waals surface area contributed by atoms with E-state index < -0.39 is 11.9 Å². The maximum atomic E-state index is 12.2. The highest BCUT2D eigenvalue weighted by Crippen LogP contribution is 2.32. The smallest absolute Gasteiger partial charge is 0.429 e. The minimum absolute atomic E-state index is 0.0235. The molecule has 1 aliphatic rings. The molecule has 2 heterocycles. The van der Waals surface area contributed by atoms with Crippen LogP contribution in [0.1, 0.15) is 204 Å². The number of allylic oxidation sites excluding steroid dienone is 1. The van der Waals surface area contributed by atoms with Crippen LogP contribution in [0.4, 0.5) is 0 Å². The lowest BCUT2D eigenvalue weighted by Gasteiger charge is -2.07. The second kappa shape index (κ2) is 25.2. The molecular formula is C36H62O7. The maximum Gasteiger partial charge on any atom is 0.429 e. The molecule has 248 valence electrons. The van der Waals surface area contributed by atoms with Crippen molar-refractivity contribution in [1.29, 1.82) is 0 Å². The van der Waals surface area contributed by atoms with Gasteiger partial charge in [0.2, 0.25) is 5.76 Å². The highest BCUT2D eigenvalue weighted by molar-refractivity contribution is 5.92. The van der Waals surface area contributed by atoms with Crippen LogP contribution in [-0.2, 0) is 25.7 Å². The van der Waals surface area contributed by atoms with Gasteiger partial charge in [-0.2, -0.15) is 0 Å². The molecule has 0 saturated carbocycles. The molecule has 0 bridgehead atoms. The Morgan fingerprint density at radius 3 is 1.23 bits per heavy atom. The van der Waals surface area contributed by atoms with Crippen LogP contribution in [0.25, 0.3) is 0 Å². The molecule has 0 aliphatic carbocycles. The summed E-state index contributed by atoms with van der Waals surface area (Å²) in [6, 6.07) is 0. The van der Waals surface area contributed by atoms with E-state index in [0.717, 1.165) is 25.7 Å². The van der Waals surface area contributed by atoms with Gasteiger partial charge in [0.1, 0.15) is 0 Å².